The molecule has 2 fully saturated rings. The van der Waals surface area contributed by atoms with Crippen LogP contribution in [-0.2, 0) is 9.47 Å². The zero-order chi connectivity index (χ0) is 28.6. The molecular weight excluding hydrogens is 522 g/mol. The molecular formula is C30H37N7O4. The molecule has 0 bridgehead atoms. The van der Waals surface area contributed by atoms with Gasteiger partial charge in [0, 0.05) is 49.4 Å². The first-order chi connectivity index (χ1) is 19.7. The minimum atomic E-state index is -0.544. The molecule has 6 rings (SSSR count). The summed E-state index contributed by atoms with van der Waals surface area (Å²) in [4.78, 5) is 38.1. The van der Waals surface area contributed by atoms with Gasteiger partial charge in [-0.15, -0.1) is 0 Å². The molecule has 11 heteroatoms. The highest BCUT2D eigenvalue weighted by atomic mass is 16.6. The van der Waals surface area contributed by atoms with Crippen LogP contribution in [0.15, 0.2) is 36.4 Å². The molecule has 4 heterocycles. The lowest BCUT2D eigenvalue weighted by molar-refractivity contribution is 0.0502. The average molecular weight is 560 g/mol. The lowest BCUT2D eigenvalue weighted by atomic mass is 9.97. The number of morpholine rings is 1. The predicted molar refractivity (Wildman–Crippen MR) is 157 cm³/mol. The number of imidazole rings is 1. The molecule has 2 aromatic carbocycles. The van der Waals surface area contributed by atoms with Crippen molar-refractivity contribution in [3.63, 3.8) is 0 Å². The molecule has 2 amide bonds. The van der Waals surface area contributed by atoms with Crippen LogP contribution in [0.5, 0.6) is 0 Å². The molecule has 0 radical (unpaired) electrons. The van der Waals surface area contributed by atoms with Crippen molar-refractivity contribution in [1.82, 2.24) is 30.4 Å². The number of alkyl carbamates (subject to hydrolysis) is 1. The molecule has 11 nitrogen and oxygen atoms in total. The number of carbonyl (C=O) groups is 2. The van der Waals surface area contributed by atoms with Crippen molar-refractivity contribution < 1.29 is 19.1 Å². The van der Waals surface area contributed by atoms with Crippen molar-refractivity contribution >= 4 is 39.6 Å². The highest BCUT2D eigenvalue weighted by molar-refractivity contribution is 6.01. The number of ether oxygens (including phenoxy) is 2. The van der Waals surface area contributed by atoms with E-state index in [9.17, 15) is 9.59 Å². The van der Waals surface area contributed by atoms with Crippen LogP contribution in [0.2, 0.25) is 0 Å². The van der Waals surface area contributed by atoms with Crippen LogP contribution in [0.1, 0.15) is 44.0 Å². The summed E-state index contributed by atoms with van der Waals surface area (Å²) in [7, 11) is 0. The third-order valence-electron chi connectivity index (χ3n) is 7.62. The fourth-order valence-corrected chi connectivity index (χ4v) is 5.60. The fourth-order valence-electron chi connectivity index (χ4n) is 5.60. The Hall–Kier alpha value is -4.12. The number of anilines is 1. The number of likely N-dealkylation sites (tertiary alicyclic amines) is 1. The standard InChI is InChI=1S/C30H37N7O4/c1-30(2,3)41-29(39)31-17-19-5-4-10-37(18-19)28(38)20-6-8-23-22(15-20)26(35-34-23)27-32-24-9-7-21(16-25(24)33-27)36-11-13-40-14-12-36/h6-9,15-16,19H,4-5,10-14,17-18H2,1-3H3,(H,31,39)(H,32,33)(H,34,35). The van der Waals surface area contributed by atoms with E-state index in [0.717, 1.165) is 66.8 Å². The van der Waals surface area contributed by atoms with Crippen LogP contribution in [0.4, 0.5) is 10.5 Å². The number of aromatic nitrogens is 4. The van der Waals surface area contributed by atoms with E-state index >= 15 is 0 Å². The van der Waals surface area contributed by atoms with Gasteiger partial charge in [-0.3, -0.25) is 9.89 Å². The minimum Gasteiger partial charge on any atom is -0.444 e. The van der Waals surface area contributed by atoms with E-state index in [4.69, 9.17) is 14.5 Å². The fraction of sp³-hybridized carbons (Fsp3) is 0.467. The number of carbonyl (C=O) groups excluding carboxylic acids is 2. The molecule has 2 aromatic heterocycles. The van der Waals surface area contributed by atoms with E-state index in [1.54, 1.807) is 0 Å². The van der Waals surface area contributed by atoms with Gasteiger partial charge < -0.3 is 29.6 Å². The summed E-state index contributed by atoms with van der Waals surface area (Å²) in [5, 5.41) is 11.3. The molecule has 1 atom stereocenters. The molecule has 2 aliphatic rings. The van der Waals surface area contributed by atoms with E-state index in [1.165, 1.54) is 0 Å². The summed E-state index contributed by atoms with van der Waals surface area (Å²) >= 11 is 0. The first-order valence-corrected chi connectivity index (χ1v) is 14.3. The van der Waals surface area contributed by atoms with Gasteiger partial charge in [-0.05, 0) is 75.9 Å². The van der Waals surface area contributed by atoms with Crippen LogP contribution < -0.4 is 10.2 Å². The van der Waals surface area contributed by atoms with Gasteiger partial charge in [0.2, 0.25) is 0 Å². The number of nitrogens with zero attached hydrogens (tertiary/aromatic N) is 4. The molecule has 3 N–H and O–H groups in total. The van der Waals surface area contributed by atoms with Crippen LogP contribution in [0.25, 0.3) is 33.5 Å². The molecule has 0 aliphatic carbocycles. The Labute approximate surface area is 238 Å². The van der Waals surface area contributed by atoms with Gasteiger partial charge in [0.25, 0.3) is 5.91 Å². The second-order valence-electron chi connectivity index (χ2n) is 11.9. The largest absolute Gasteiger partial charge is 0.444 e. The van der Waals surface area contributed by atoms with E-state index in [1.807, 2.05) is 49.9 Å². The number of fused-ring (bicyclic) bond motifs is 2. The molecule has 216 valence electrons. The summed E-state index contributed by atoms with van der Waals surface area (Å²) in [5.74, 6) is 0.799. The molecule has 2 aliphatic heterocycles. The van der Waals surface area contributed by atoms with Gasteiger partial charge in [0.15, 0.2) is 5.82 Å². The molecule has 1 unspecified atom stereocenters. The number of aromatic amines is 2. The number of hydrogen-bond donors (Lipinski definition) is 3. The normalized spacial score (nSPS) is 18.2. The Morgan fingerprint density at radius 1 is 1.10 bits per heavy atom. The number of benzene rings is 2. The number of piperidine rings is 1. The van der Waals surface area contributed by atoms with E-state index in [0.29, 0.717) is 36.7 Å². The second-order valence-corrected chi connectivity index (χ2v) is 11.9. The van der Waals surface area contributed by atoms with Crippen molar-refractivity contribution in [1.29, 1.82) is 0 Å². The average Bonchev–Trinajstić information content (AvgIpc) is 3.58. The molecule has 4 aromatic rings. The Bertz CT molecular complexity index is 1560. The Morgan fingerprint density at radius 2 is 1.93 bits per heavy atom. The van der Waals surface area contributed by atoms with Gasteiger partial charge in [0.05, 0.1) is 29.8 Å². The van der Waals surface area contributed by atoms with Crippen LogP contribution in [-0.4, -0.2) is 88.6 Å². The van der Waals surface area contributed by atoms with Gasteiger partial charge in [-0.1, -0.05) is 0 Å². The SMILES string of the molecule is CC(C)(C)OC(=O)NCC1CCCN(C(=O)c2ccc3[nH]nc(-c4nc5ccc(N6CCOCC6)cc5[nH]4)c3c2)C1. The third-order valence-corrected chi connectivity index (χ3v) is 7.62. The Kier molecular flexibility index (Phi) is 7.29. The number of rotatable bonds is 5. The van der Waals surface area contributed by atoms with Crippen molar-refractivity contribution in [2.75, 3.05) is 50.8 Å². The number of nitrogens with one attached hydrogen (secondary N) is 3. The van der Waals surface area contributed by atoms with Gasteiger partial charge in [-0.2, -0.15) is 5.10 Å². The maximum atomic E-state index is 13.6. The van der Waals surface area contributed by atoms with Crippen LogP contribution >= 0.6 is 0 Å². The maximum Gasteiger partial charge on any atom is 0.407 e. The van der Waals surface area contributed by atoms with Crippen LogP contribution in [0, 0.1) is 5.92 Å². The highest BCUT2D eigenvalue weighted by Gasteiger charge is 2.26. The second kappa shape index (κ2) is 11.0. The summed E-state index contributed by atoms with van der Waals surface area (Å²) < 4.78 is 10.8. The van der Waals surface area contributed by atoms with E-state index in [2.05, 4.69) is 37.5 Å². The first-order valence-electron chi connectivity index (χ1n) is 14.3. The summed E-state index contributed by atoms with van der Waals surface area (Å²) in [6.45, 7) is 10.5. The molecule has 0 spiro atoms. The zero-order valence-electron chi connectivity index (χ0n) is 23.8. The number of hydrogen-bond acceptors (Lipinski definition) is 7. The van der Waals surface area contributed by atoms with Gasteiger partial charge in [0.1, 0.15) is 11.3 Å². The lowest BCUT2D eigenvalue weighted by Crippen LogP contribution is -2.44. The van der Waals surface area contributed by atoms with Crippen molar-refractivity contribution in [2.45, 2.75) is 39.2 Å². The monoisotopic (exact) mass is 559 g/mol. The first kappa shape index (κ1) is 27.1. The van der Waals surface area contributed by atoms with Crippen molar-refractivity contribution in [2.24, 2.45) is 5.92 Å². The highest BCUT2D eigenvalue weighted by Crippen LogP contribution is 2.29. The van der Waals surface area contributed by atoms with E-state index in [-0.39, 0.29) is 11.8 Å². The Balaban J connectivity index is 1.18. The summed E-state index contributed by atoms with van der Waals surface area (Å²) in [6, 6.07) is 11.9. The smallest absolute Gasteiger partial charge is 0.407 e. The van der Waals surface area contributed by atoms with Crippen molar-refractivity contribution in [3.8, 4) is 11.5 Å². The molecule has 41 heavy (non-hydrogen) atoms. The topological polar surface area (TPSA) is 128 Å². The zero-order valence-corrected chi connectivity index (χ0v) is 23.8. The minimum absolute atomic E-state index is 0.0271. The maximum absolute atomic E-state index is 13.6. The summed E-state index contributed by atoms with van der Waals surface area (Å²) in [5.41, 5.74) is 4.51. The van der Waals surface area contributed by atoms with Gasteiger partial charge >= 0.3 is 6.09 Å². The molecule has 2 saturated heterocycles. The van der Waals surface area contributed by atoms with E-state index < -0.39 is 11.7 Å². The van der Waals surface area contributed by atoms with Crippen LogP contribution in [0.3, 0.4) is 0 Å². The predicted octanol–water partition coefficient (Wildman–Crippen LogP) is 4.32. The Morgan fingerprint density at radius 3 is 2.73 bits per heavy atom. The quantitative estimate of drug-likeness (QED) is 0.332. The number of H-pyrrole nitrogens is 2. The molecule has 0 saturated carbocycles. The van der Waals surface area contributed by atoms with Gasteiger partial charge in [-0.25, -0.2) is 9.78 Å². The lowest BCUT2D eigenvalue weighted by Gasteiger charge is -2.33. The van der Waals surface area contributed by atoms with Crippen molar-refractivity contribution in [3.05, 3.63) is 42.0 Å². The summed E-state index contributed by atoms with van der Waals surface area (Å²) in [6.07, 6.45) is 1.41. The number of amides is 2. The third kappa shape index (κ3) is 6.00.